The van der Waals surface area contributed by atoms with Gasteiger partial charge in [-0.3, -0.25) is 0 Å². The topological polar surface area (TPSA) is 21.3 Å². The lowest BCUT2D eigenvalue weighted by molar-refractivity contribution is -0.274. The second kappa shape index (κ2) is 6.52. The minimum Gasteiger partial charge on any atom is -0.404 e. The third-order valence-electron chi connectivity index (χ3n) is 2.85. The van der Waals surface area contributed by atoms with Crippen molar-refractivity contribution in [3.8, 4) is 5.75 Å². The van der Waals surface area contributed by atoms with Crippen molar-refractivity contribution in [3.63, 3.8) is 0 Å². The Bertz CT molecular complexity index is 361. The molecule has 2 nitrogen and oxygen atoms in total. The van der Waals surface area contributed by atoms with Gasteiger partial charge in [0, 0.05) is 6.54 Å². The predicted octanol–water partition coefficient (Wildman–Crippen LogP) is 4.43. The molecule has 0 saturated heterocycles. The number of ether oxygens (including phenoxy) is 1. The molecule has 102 valence electrons. The van der Waals surface area contributed by atoms with E-state index >= 15 is 0 Å². The average Bonchev–Trinajstić information content (AvgIpc) is 2.30. The monoisotopic (exact) mass is 261 g/mol. The molecule has 1 N–H and O–H groups in total. The lowest BCUT2D eigenvalue weighted by Crippen LogP contribution is -2.19. The highest BCUT2D eigenvalue weighted by atomic mass is 19.4. The largest absolute Gasteiger partial charge is 0.573 e. The summed E-state index contributed by atoms with van der Waals surface area (Å²) in [6.07, 6.45) is -2.68. The summed E-state index contributed by atoms with van der Waals surface area (Å²) in [5, 5.41) is 3.01. The van der Waals surface area contributed by atoms with Gasteiger partial charge in [-0.25, -0.2) is 0 Å². The molecule has 0 radical (unpaired) electrons. The van der Waals surface area contributed by atoms with Gasteiger partial charge in [-0.2, -0.15) is 0 Å². The van der Waals surface area contributed by atoms with Gasteiger partial charge in [0.05, 0.1) is 5.69 Å². The van der Waals surface area contributed by atoms with Gasteiger partial charge >= 0.3 is 6.36 Å². The van der Waals surface area contributed by atoms with Crippen LogP contribution in [0.2, 0.25) is 0 Å². The van der Waals surface area contributed by atoms with E-state index in [1.807, 2.05) is 0 Å². The summed E-state index contributed by atoms with van der Waals surface area (Å²) < 4.78 is 40.6. The number of alkyl halides is 3. The second-order valence-corrected chi connectivity index (χ2v) is 4.11. The van der Waals surface area contributed by atoms with Crippen molar-refractivity contribution in [2.24, 2.45) is 5.92 Å². The number of halogens is 3. The van der Waals surface area contributed by atoms with Crippen molar-refractivity contribution in [1.82, 2.24) is 0 Å². The Balaban J connectivity index is 2.70. The standard InChI is InChI=1S/C13H18F3NO/c1-3-10(4-2)9-17-11-7-5-6-8-12(11)18-13(14,15)16/h5-8,10,17H,3-4,9H2,1-2H3. The maximum atomic E-state index is 12.2. The van der Waals surface area contributed by atoms with Gasteiger partial charge in [0.15, 0.2) is 5.75 Å². The smallest absolute Gasteiger partial charge is 0.404 e. The van der Waals surface area contributed by atoms with E-state index in [4.69, 9.17) is 0 Å². The Morgan fingerprint density at radius 1 is 1.17 bits per heavy atom. The van der Waals surface area contributed by atoms with E-state index in [-0.39, 0.29) is 5.75 Å². The quantitative estimate of drug-likeness (QED) is 0.817. The van der Waals surface area contributed by atoms with E-state index in [2.05, 4.69) is 23.9 Å². The van der Waals surface area contributed by atoms with Crippen molar-refractivity contribution < 1.29 is 17.9 Å². The van der Waals surface area contributed by atoms with Crippen molar-refractivity contribution >= 4 is 5.69 Å². The van der Waals surface area contributed by atoms with Crippen LogP contribution in [0.5, 0.6) is 5.75 Å². The Kier molecular flexibility index (Phi) is 5.31. The summed E-state index contributed by atoms with van der Waals surface area (Å²) in [6, 6.07) is 6.09. The minimum atomic E-state index is -4.66. The maximum absolute atomic E-state index is 12.2. The Hall–Kier alpha value is -1.39. The van der Waals surface area contributed by atoms with Gasteiger partial charge in [-0.1, -0.05) is 38.8 Å². The fourth-order valence-corrected chi connectivity index (χ4v) is 1.66. The van der Waals surface area contributed by atoms with Gasteiger partial charge in [0.2, 0.25) is 0 Å². The molecule has 0 fully saturated rings. The predicted molar refractivity (Wildman–Crippen MR) is 65.7 cm³/mol. The molecule has 0 unspecified atom stereocenters. The van der Waals surface area contributed by atoms with Gasteiger partial charge in [-0.15, -0.1) is 13.2 Å². The summed E-state index contributed by atoms with van der Waals surface area (Å²) >= 11 is 0. The van der Waals surface area contributed by atoms with Crippen LogP contribution in [0.1, 0.15) is 26.7 Å². The molecular formula is C13H18F3NO. The molecule has 1 aromatic rings. The van der Waals surface area contributed by atoms with Crippen molar-refractivity contribution in [2.75, 3.05) is 11.9 Å². The van der Waals surface area contributed by atoms with Crippen LogP contribution in [-0.2, 0) is 0 Å². The van der Waals surface area contributed by atoms with Crippen molar-refractivity contribution in [2.45, 2.75) is 33.1 Å². The number of benzene rings is 1. The van der Waals surface area contributed by atoms with Crippen LogP contribution in [0.15, 0.2) is 24.3 Å². The van der Waals surface area contributed by atoms with Crippen molar-refractivity contribution in [3.05, 3.63) is 24.3 Å². The zero-order valence-corrected chi connectivity index (χ0v) is 10.6. The normalized spacial score (nSPS) is 11.7. The maximum Gasteiger partial charge on any atom is 0.573 e. The Labute approximate surface area is 105 Å². The summed E-state index contributed by atoms with van der Waals surface area (Å²) in [5.74, 6) is 0.264. The lowest BCUT2D eigenvalue weighted by Gasteiger charge is -2.17. The van der Waals surface area contributed by atoms with E-state index in [0.29, 0.717) is 18.2 Å². The molecule has 1 rings (SSSR count). The van der Waals surface area contributed by atoms with E-state index in [0.717, 1.165) is 12.8 Å². The molecule has 0 amide bonds. The van der Waals surface area contributed by atoms with Crippen molar-refractivity contribution in [1.29, 1.82) is 0 Å². The molecule has 18 heavy (non-hydrogen) atoms. The number of para-hydroxylation sites is 2. The zero-order chi connectivity index (χ0) is 13.6. The van der Waals surface area contributed by atoms with Crippen LogP contribution in [0.3, 0.4) is 0 Å². The molecular weight excluding hydrogens is 243 g/mol. The van der Waals surface area contributed by atoms with Gasteiger partial charge in [0.25, 0.3) is 0 Å². The van der Waals surface area contributed by atoms with E-state index in [9.17, 15) is 13.2 Å². The lowest BCUT2D eigenvalue weighted by atomic mass is 10.0. The molecule has 0 spiro atoms. The number of anilines is 1. The highest BCUT2D eigenvalue weighted by Crippen LogP contribution is 2.30. The summed E-state index contributed by atoms with van der Waals surface area (Å²) in [4.78, 5) is 0. The molecule has 0 heterocycles. The SMILES string of the molecule is CCC(CC)CNc1ccccc1OC(F)(F)F. The molecule has 0 aromatic heterocycles. The number of hydrogen-bond acceptors (Lipinski definition) is 2. The molecule has 0 bridgehead atoms. The van der Waals surface area contributed by atoms with Crippen LogP contribution in [0.25, 0.3) is 0 Å². The molecule has 0 aliphatic rings. The molecule has 0 atom stereocenters. The van der Waals surface area contributed by atoms with Crippen LogP contribution in [0, 0.1) is 5.92 Å². The van der Waals surface area contributed by atoms with Gasteiger partial charge in [0.1, 0.15) is 0 Å². The van der Waals surface area contributed by atoms with Gasteiger partial charge in [-0.05, 0) is 18.1 Å². The van der Waals surface area contributed by atoms with Crippen LogP contribution in [0.4, 0.5) is 18.9 Å². The Morgan fingerprint density at radius 2 is 1.78 bits per heavy atom. The van der Waals surface area contributed by atoms with E-state index < -0.39 is 6.36 Å². The second-order valence-electron chi connectivity index (χ2n) is 4.11. The summed E-state index contributed by atoms with van der Waals surface area (Å²) in [6.45, 7) is 4.77. The number of hydrogen-bond donors (Lipinski definition) is 1. The van der Waals surface area contributed by atoms with Crippen LogP contribution >= 0.6 is 0 Å². The van der Waals surface area contributed by atoms with Gasteiger partial charge < -0.3 is 10.1 Å². The first-order valence-corrected chi connectivity index (χ1v) is 6.05. The molecule has 0 saturated carbocycles. The highest BCUT2D eigenvalue weighted by molar-refractivity contribution is 5.56. The number of rotatable bonds is 6. The third kappa shape index (κ3) is 4.85. The average molecular weight is 261 g/mol. The third-order valence-corrected chi connectivity index (χ3v) is 2.85. The molecule has 5 heteroatoms. The summed E-state index contributed by atoms with van der Waals surface area (Å²) in [7, 11) is 0. The zero-order valence-electron chi connectivity index (χ0n) is 10.6. The van der Waals surface area contributed by atoms with E-state index in [1.165, 1.54) is 12.1 Å². The van der Waals surface area contributed by atoms with Crippen LogP contribution in [-0.4, -0.2) is 12.9 Å². The fraction of sp³-hybridized carbons (Fsp3) is 0.538. The van der Waals surface area contributed by atoms with Crippen LogP contribution < -0.4 is 10.1 Å². The highest BCUT2D eigenvalue weighted by Gasteiger charge is 2.32. The first-order valence-electron chi connectivity index (χ1n) is 6.05. The van der Waals surface area contributed by atoms with E-state index in [1.54, 1.807) is 12.1 Å². The fourth-order valence-electron chi connectivity index (χ4n) is 1.66. The Morgan fingerprint density at radius 3 is 2.33 bits per heavy atom. The molecule has 0 aliphatic heterocycles. The number of nitrogens with one attached hydrogen (secondary N) is 1. The summed E-state index contributed by atoms with van der Waals surface area (Å²) in [5.41, 5.74) is 0.377. The molecule has 0 aliphatic carbocycles. The first-order chi connectivity index (χ1) is 8.46. The molecule has 1 aromatic carbocycles. The first kappa shape index (κ1) is 14.7. The minimum absolute atomic E-state index is 0.184.